The van der Waals surface area contributed by atoms with Crippen molar-refractivity contribution in [2.75, 3.05) is 32.7 Å². The molecule has 2 fully saturated rings. The molecule has 0 aromatic heterocycles. The van der Waals surface area contributed by atoms with E-state index in [0.29, 0.717) is 6.54 Å². The second-order valence-corrected chi connectivity index (χ2v) is 5.54. The third-order valence-corrected chi connectivity index (χ3v) is 3.86. The molecule has 0 aromatic rings. The van der Waals surface area contributed by atoms with E-state index in [1.807, 2.05) is 13.8 Å². The lowest BCUT2D eigenvalue weighted by Gasteiger charge is -2.50. The van der Waals surface area contributed by atoms with Crippen LogP contribution in [0.3, 0.4) is 0 Å². The first-order chi connectivity index (χ1) is 7.76. The van der Waals surface area contributed by atoms with Crippen LogP contribution in [0.25, 0.3) is 0 Å². The Morgan fingerprint density at radius 3 is 2.06 bits per heavy atom. The topological polar surface area (TPSA) is 6.48 Å². The Labute approximate surface area is 98.6 Å². The van der Waals surface area contributed by atoms with E-state index < -0.39 is 17.8 Å². The molecule has 0 bridgehead atoms. The Balaban J connectivity index is 1.98. The van der Waals surface area contributed by atoms with Crippen molar-refractivity contribution in [3.63, 3.8) is 0 Å². The van der Waals surface area contributed by atoms with E-state index in [-0.39, 0.29) is 32.2 Å². The summed E-state index contributed by atoms with van der Waals surface area (Å²) in [6.45, 7) is 3.63. The molecule has 1 spiro atoms. The second kappa shape index (κ2) is 4.09. The Morgan fingerprint density at radius 2 is 1.65 bits per heavy atom. The van der Waals surface area contributed by atoms with Crippen molar-refractivity contribution in [2.24, 2.45) is 5.41 Å². The van der Waals surface area contributed by atoms with Gasteiger partial charge in [0.2, 0.25) is 0 Å². The highest BCUT2D eigenvalue weighted by atomic mass is 19.3. The van der Waals surface area contributed by atoms with Crippen LogP contribution in [-0.2, 0) is 0 Å². The van der Waals surface area contributed by atoms with Crippen LogP contribution in [-0.4, -0.2) is 60.9 Å². The minimum atomic E-state index is -2.75. The first-order valence-electron chi connectivity index (χ1n) is 5.88. The van der Waals surface area contributed by atoms with Crippen molar-refractivity contribution < 1.29 is 17.6 Å². The smallest absolute Gasteiger partial charge is 0.269 e. The standard InChI is InChI=1S/C11H18F4N2/c1-8(2)17-6-10(11(14,15)7-17)4-16(5-10)3-9(12)13/h8-9H,3-7H2,1-2H3. The highest BCUT2D eigenvalue weighted by molar-refractivity contribution is 5.11. The Hall–Kier alpha value is -0.360. The number of nitrogens with zero attached hydrogens (tertiary/aromatic N) is 2. The molecule has 0 amide bonds. The molecule has 2 aliphatic heterocycles. The lowest BCUT2D eigenvalue weighted by Crippen LogP contribution is -2.65. The van der Waals surface area contributed by atoms with Crippen molar-refractivity contribution in [3.05, 3.63) is 0 Å². The van der Waals surface area contributed by atoms with Gasteiger partial charge >= 0.3 is 0 Å². The number of hydrogen-bond acceptors (Lipinski definition) is 2. The minimum Gasteiger partial charge on any atom is -0.296 e. The Bertz CT molecular complexity index is 287. The van der Waals surface area contributed by atoms with Gasteiger partial charge in [0.1, 0.15) is 0 Å². The number of rotatable bonds is 3. The molecule has 2 heterocycles. The molecule has 0 unspecified atom stereocenters. The lowest BCUT2D eigenvalue weighted by atomic mass is 9.76. The summed E-state index contributed by atoms with van der Waals surface area (Å²) >= 11 is 0. The highest BCUT2D eigenvalue weighted by Gasteiger charge is 2.65. The van der Waals surface area contributed by atoms with Crippen LogP contribution in [0.4, 0.5) is 17.6 Å². The summed E-state index contributed by atoms with van der Waals surface area (Å²) in [5.41, 5.74) is -1.09. The fourth-order valence-corrected chi connectivity index (χ4v) is 2.81. The molecule has 2 saturated heterocycles. The summed E-state index contributed by atoms with van der Waals surface area (Å²) in [7, 11) is 0. The molecule has 0 aliphatic carbocycles. The quantitative estimate of drug-likeness (QED) is 0.710. The third kappa shape index (κ3) is 2.17. The zero-order valence-electron chi connectivity index (χ0n) is 10.1. The van der Waals surface area contributed by atoms with Crippen molar-refractivity contribution >= 4 is 0 Å². The van der Waals surface area contributed by atoms with E-state index in [1.54, 1.807) is 4.90 Å². The average molecular weight is 254 g/mol. The molecular formula is C11H18F4N2. The fraction of sp³-hybridized carbons (Fsp3) is 1.00. The summed E-state index contributed by atoms with van der Waals surface area (Å²) in [6.07, 6.45) is -2.44. The molecule has 6 heteroatoms. The third-order valence-electron chi connectivity index (χ3n) is 3.86. The Morgan fingerprint density at radius 1 is 1.06 bits per heavy atom. The molecule has 0 radical (unpaired) electrons. The van der Waals surface area contributed by atoms with Crippen molar-refractivity contribution in [2.45, 2.75) is 32.2 Å². The van der Waals surface area contributed by atoms with Gasteiger partial charge in [0, 0.05) is 25.7 Å². The molecule has 0 atom stereocenters. The maximum absolute atomic E-state index is 13.9. The zero-order chi connectivity index (χ0) is 12.8. The fourth-order valence-electron chi connectivity index (χ4n) is 2.81. The monoisotopic (exact) mass is 254 g/mol. The largest absolute Gasteiger partial charge is 0.296 e. The van der Waals surface area contributed by atoms with Gasteiger partial charge in [-0.3, -0.25) is 9.80 Å². The van der Waals surface area contributed by atoms with Gasteiger partial charge in [-0.05, 0) is 13.8 Å². The van der Waals surface area contributed by atoms with Crippen LogP contribution in [0.1, 0.15) is 13.8 Å². The van der Waals surface area contributed by atoms with Crippen molar-refractivity contribution in [1.82, 2.24) is 9.80 Å². The van der Waals surface area contributed by atoms with E-state index in [4.69, 9.17) is 0 Å². The number of alkyl halides is 4. The van der Waals surface area contributed by atoms with E-state index in [2.05, 4.69) is 0 Å². The van der Waals surface area contributed by atoms with Crippen LogP contribution in [0.15, 0.2) is 0 Å². The molecule has 100 valence electrons. The zero-order valence-corrected chi connectivity index (χ0v) is 10.1. The maximum atomic E-state index is 13.9. The minimum absolute atomic E-state index is 0.0735. The molecular weight excluding hydrogens is 236 g/mol. The van der Waals surface area contributed by atoms with Crippen molar-refractivity contribution in [1.29, 1.82) is 0 Å². The predicted octanol–water partition coefficient (Wildman–Crippen LogP) is 1.91. The van der Waals surface area contributed by atoms with Crippen LogP contribution in [0.5, 0.6) is 0 Å². The molecule has 2 nitrogen and oxygen atoms in total. The summed E-state index contributed by atoms with van der Waals surface area (Å²) in [6, 6.07) is 0.0735. The Kier molecular flexibility index (Phi) is 3.14. The lowest BCUT2D eigenvalue weighted by molar-refractivity contribution is -0.163. The summed E-state index contributed by atoms with van der Waals surface area (Å²) in [5, 5.41) is 0. The second-order valence-electron chi connectivity index (χ2n) is 5.54. The summed E-state index contributed by atoms with van der Waals surface area (Å²) in [4.78, 5) is 3.15. The first-order valence-corrected chi connectivity index (χ1v) is 5.88. The SMILES string of the molecule is CC(C)N1CC(F)(F)C2(CN(CC(F)F)C2)C1. The predicted molar refractivity (Wildman–Crippen MR) is 56.5 cm³/mol. The van der Waals surface area contributed by atoms with Gasteiger partial charge in [0.25, 0.3) is 12.3 Å². The molecule has 0 saturated carbocycles. The van der Waals surface area contributed by atoms with Gasteiger partial charge in [-0.25, -0.2) is 17.6 Å². The molecule has 2 aliphatic rings. The van der Waals surface area contributed by atoms with E-state index in [9.17, 15) is 17.6 Å². The average Bonchev–Trinajstić information content (AvgIpc) is 2.36. The molecule has 0 N–H and O–H groups in total. The summed E-state index contributed by atoms with van der Waals surface area (Å²) in [5.74, 6) is -2.75. The van der Waals surface area contributed by atoms with E-state index >= 15 is 0 Å². The van der Waals surface area contributed by atoms with Gasteiger partial charge in [0.05, 0.1) is 18.5 Å². The molecule has 17 heavy (non-hydrogen) atoms. The van der Waals surface area contributed by atoms with Crippen LogP contribution in [0, 0.1) is 5.41 Å². The normalized spacial score (nSPS) is 28.2. The van der Waals surface area contributed by atoms with Gasteiger partial charge < -0.3 is 0 Å². The number of likely N-dealkylation sites (tertiary alicyclic amines) is 2. The first kappa shape index (κ1) is 13.1. The maximum Gasteiger partial charge on any atom is 0.269 e. The van der Waals surface area contributed by atoms with Crippen molar-refractivity contribution in [3.8, 4) is 0 Å². The molecule has 2 rings (SSSR count). The van der Waals surface area contributed by atoms with Crippen LogP contribution >= 0.6 is 0 Å². The van der Waals surface area contributed by atoms with Gasteiger partial charge in [0.15, 0.2) is 0 Å². The van der Waals surface area contributed by atoms with Gasteiger partial charge in [-0.1, -0.05) is 0 Å². The van der Waals surface area contributed by atoms with Gasteiger partial charge in [-0.15, -0.1) is 0 Å². The molecule has 0 aromatic carbocycles. The van der Waals surface area contributed by atoms with Crippen LogP contribution in [0.2, 0.25) is 0 Å². The van der Waals surface area contributed by atoms with E-state index in [1.165, 1.54) is 4.90 Å². The number of halogens is 4. The highest BCUT2D eigenvalue weighted by Crippen LogP contribution is 2.50. The summed E-state index contributed by atoms with van der Waals surface area (Å²) < 4.78 is 52.1. The van der Waals surface area contributed by atoms with E-state index in [0.717, 1.165) is 0 Å². The van der Waals surface area contributed by atoms with Crippen LogP contribution < -0.4 is 0 Å². The van der Waals surface area contributed by atoms with Gasteiger partial charge in [-0.2, -0.15) is 0 Å². The number of hydrogen-bond donors (Lipinski definition) is 0.